The van der Waals surface area contributed by atoms with E-state index < -0.39 is 46.5 Å². The highest BCUT2D eigenvalue weighted by molar-refractivity contribution is 5.65. The largest absolute Gasteiger partial charge is 0.429 e. The number of alkyl halides is 2. The van der Waals surface area contributed by atoms with Crippen molar-refractivity contribution in [2.24, 2.45) is 5.92 Å². The summed E-state index contributed by atoms with van der Waals surface area (Å²) in [4.78, 5) is 0. The first kappa shape index (κ1) is 24.8. The molecule has 0 N–H and O–H groups in total. The van der Waals surface area contributed by atoms with E-state index in [2.05, 4.69) is 11.3 Å². The third-order valence-electron chi connectivity index (χ3n) is 6.39. The molecule has 0 heterocycles. The summed E-state index contributed by atoms with van der Waals surface area (Å²) in [5.74, 6) is -7.84. The Kier molecular flexibility index (Phi) is 6.92. The van der Waals surface area contributed by atoms with Crippen molar-refractivity contribution in [3.63, 3.8) is 0 Å². The molecule has 0 aliphatic heterocycles. The molecule has 1 nitrogen and oxygen atoms in total. The van der Waals surface area contributed by atoms with Gasteiger partial charge in [0, 0.05) is 17.7 Å². The zero-order valence-corrected chi connectivity index (χ0v) is 18.4. The third kappa shape index (κ3) is 5.06. The number of allylic oxidation sites excluding steroid dienone is 1. The van der Waals surface area contributed by atoms with Crippen LogP contribution in [0.5, 0.6) is 5.75 Å². The molecule has 0 saturated heterocycles. The van der Waals surface area contributed by atoms with Gasteiger partial charge in [0.05, 0.1) is 5.56 Å². The summed E-state index contributed by atoms with van der Waals surface area (Å²) in [5, 5.41) is 0. The Balaban J connectivity index is 1.54. The fraction of sp³-hybridized carbons (Fsp3) is 0.259. The van der Waals surface area contributed by atoms with Gasteiger partial charge in [-0.1, -0.05) is 30.3 Å². The average molecular weight is 494 g/mol. The lowest BCUT2D eigenvalue weighted by molar-refractivity contribution is -0.185. The summed E-state index contributed by atoms with van der Waals surface area (Å²) in [6.45, 7) is 3.78. The van der Waals surface area contributed by atoms with E-state index in [9.17, 15) is 30.7 Å². The molecular weight excluding hydrogens is 473 g/mol. The molecule has 0 bridgehead atoms. The second-order valence-electron chi connectivity index (χ2n) is 8.57. The van der Waals surface area contributed by atoms with Crippen LogP contribution >= 0.6 is 0 Å². The molecule has 8 heteroatoms. The standard InChI is InChI=1S/C27H21F7O/c1-2-15-3-5-16(6-4-15)20-11-12-21(25(31)24(20)30)17-7-9-18(10-8-17)27(33,34)35-19-13-22(28)26(32)23(29)14-19/h2,7-16H,1,3-6H2. The zero-order chi connectivity index (χ0) is 25.3. The summed E-state index contributed by atoms with van der Waals surface area (Å²) in [5.41, 5.74) is -0.349. The van der Waals surface area contributed by atoms with Crippen LogP contribution in [0.4, 0.5) is 30.7 Å². The second kappa shape index (κ2) is 9.76. The lowest BCUT2D eigenvalue weighted by Gasteiger charge is -2.27. The molecule has 3 aromatic carbocycles. The normalized spacial score (nSPS) is 18.4. The molecule has 1 saturated carbocycles. The van der Waals surface area contributed by atoms with Gasteiger partial charge >= 0.3 is 6.11 Å². The molecule has 0 spiro atoms. The molecule has 0 radical (unpaired) electrons. The minimum atomic E-state index is -4.03. The van der Waals surface area contributed by atoms with Crippen LogP contribution in [0.2, 0.25) is 0 Å². The Morgan fingerprint density at radius 2 is 1.37 bits per heavy atom. The number of ether oxygens (including phenoxy) is 1. The number of hydrogen-bond acceptors (Lipinski definition) is 1. The summed E-state index contributed by atoms with van der Waals surface area (Å²) in [6, 6.07) is 7.70. The van der Waals surface area contributed by atoms with Crippen LogP contribution in [0.1, 0.15) is 42.7 Å². The first-order chi connectivity index (χ1) is 16.6. The van der Waals surface area contributed by atoms with Gasteiger partial charge in [-0.15, -0.1) is 6.58 Å². The van der Waals surface area contributed by atoms with Gasteiger partial charge in [-0.3, -0.25) is 0 Å². The van der Waals surface area contributed by atoms with Crippen LogP contribution < -0.4 is 4.74 Å². The van der Waals surface area contributed by atoms with Crippen LogP contribution in [-0.2, 0) is 6.11 Å². The molecule has 3 aromatic rings. The summed E-state index contributed by atoms with van der Waals surface area (Å²) in [7, 11) is 0. The molecule has 4 rings (SSSR count). The van der Waals surface area contributed by atoms with Gasteiger partial charge in [-0.05, 0) is 60.8 Å². The van der Waals surface area contributed by atoms with Gasteiger partial charge in [0.15, 0.2) is 29.1 Å². The number of hydrogen-bond donors (Lipinski definition) is 0. The van der Waals surface area contributed by atoms with Gasteiger partial charge in [-0.2, -0.15) is 8.78 Å². The van der Waals surface area contributed by atoms with Gasteiger partial charge in [-0.25, -0.2) is 22.0 Å². The second-order valence-corrected chi connectivity index (χ2v) is 8.57. The van der Waals surface area contributed by atoms with Crippen LogP contribution in [-0.4, -0.2) is 0 Å². The Bertz CT molecular complexity index is 1210. The summed E-state index contributed by atoms with van der Waals surface area (Å²) >= 11 is 0. The van der Waals surface area contributed by atoms with E-state index in [1.54, 1.807) is 0 Å². The molecule has 1 aliphatic rings. The summed E-state index contributed by atoms with van der Waals surface area (Å²) in [6.07, 6.45) is 0.992. The molecule has 184 valence electrons. The average Bonchev–Trinajstić information content (AvgIpc) is 2.84. The molecule has 1 fully saturated rings. The highest BCUT2D eigenvalue weighted by atomic mass is 19.3. The van der Waals surface area contributed by atoms with Crippen LogP contribution in [0.15, 0.2) is 61.2 Å². The topological polar surface area (TPSA) is 9.23 Å². The van der Waals surface area contributed by atoms with Crippen molar-refractivity contribution in [2.75, 3.05) is 0 Å². The van der Waals surface area contributed by atoms with Gasteiger partial charge < -0.3 is 4.74 Å². The third-order valence-corrected chi connectivity index (χ3v) is 6.39. The highest BCUT2D eigenvalue weighted by Crippen LogP contribution is 2.40. The van der Waals surface area contributed by atoms with Crippen molar-refractivity contribution in [3.05, 3.63) is 101 Å². The maximum absolute atomic E-state index is 14.9. The highest BCUT2D eigenvalue weighted by Gasteiger charge is 2.35. The van der Waals surface area contributed by atoms with Crippen molar-refractivity contribution < 1.29 is 35.5 Å². The van der Waals surface area contributed by atoms with E-state index in [0.29, 0.717) is 23.6 Å². The quantitative estimate of drug-likeness (QED) is 0.189. The first-order valence-corrected chi connectivity index (χ1v) is 11.0. The van der Waals surface area contributed by atoms with Crippen molar-refractivity contribution in [2.45, 2.75) is 37.7 Å². The Morgan fingerprint density at radius 3 is 1.94 bits per heavy atom. The lowest BCUT2D eigenvalue weighted by Crippen LogP contribution is -2.22. The number of halogens is 7. The minimum Gasteiger partial charge on any atom is -0.429 e. The Labute approximate surface area is 197 Å². The lowest BCUT2D eigenvalue weighted by atomic mass is 9.78. The zero-order valence-electron chi connectivity index (χ0n) is 18.4. The fourth-order valence-electron chi connectivity index (χ4n) is 4.41. The van der Waals surface area contributed by atoms with Crippen LogP contribution in [0.3, 0.4) is 0 Å². The van der Waals surface area contributed by atoms with E-state index in [-0.39, 0.29) is 17.0 Å². The maximum Gasteiger partial charge on any atom is 0.426 e. The van der Waals surface area contributed by atoms with Crippen molar-refractivity contribution in [1.29, 1.82) is 0 Å². The van der Waals surface area contributed by atoms with Gasteiger partial charge in [0.25, 0.3) is 0 Å². The Hall–Kier alpha value is -3.29. The van der Waals surface area contributed by atoms with Gasteiger partial charge in [0.1, 0.15) is 5.75 Å². The number of benzene rings is 3. The fourth-order valence-corrected chi connectivity index (χ4v) is 4.41. The molecule has 0 aromatic heterocycles. The van der Waals surface area contributed by atoms with E-state index >= 15 is 0 Å². The molecular formula is C27H21F7O. The molecule has 1 aliphatic carbocycles. The van der Waals surface area contributed by atoms with E-state index in [0.717, 1.165) is 49.9 Å². The summed E-state index contributed by atoms with van der Waals surface area (Å²) < 4.78 is 103. The Morgan fingerprint density at radius 1 is 0.771 bits per heavy atom. The van der Waals surface area contributed by atoms with Gasteiger partial charge in [0.2, 0.25) is 0 Å². The number of rotatable bonds is 6. The van der Waals surface area contributed by atoms with Crippen LogP contribution in [0, 0.1) is 35.0 Å². The minimum absolute atomic E-state index is 0.0931. The smallest absolute Gasteiger partial charge is 0.426 e. The predicted octanol–water partition coefficient (Wildman–Crippen LogP) is 8.64. The molecule has 0 amide bonds. The maximum atomic E-state index is 14.9. The SMILES string of the molecule is C=CC1CCC(c2ccc(-c3ccc(C(F)(F)Oc4cc(F)c(F)c(F)c4)cc3)c(F)c2F)CC1. The molecule has 0 unspecified atom stereocenters. The first-order valence-electron chi connectivity index (χ1n) is 11.0. The molecule has 35 heavy (non-hydrogen) atoms. The van der Waals surface area contributed by atoms with E-state index in [1.165, 1.54) is 12.1 Å². The van der Waals surface area contributed by atoms with E-state index in [4.69, 9.17) is 0 Å². The predicted molar refractivity (Wildman–Crippen MR) is 118 cm³/mol. The molecule has 0 atom stereocenters. The monoisotopic (exact) mass is 494 g/mol. The van der Waals surface area contributed by atoms with E-state index in [1.807, 2.05) is 6.08 Å². The van der Waals surface area contributed by atoms with Crippen molar-refractivity contribution >= 4 is 0 Å². The van der Waals surface area contributed by atoms with Crippen molar-refractivity contribution in [1.82, 2.24) is 0 Å². The van der Waals surface area contributed by atoms with Crippen LogP contribution in [0.25, 0.3) is 11.1 Å². The van der Waals surface area contributed by atoms with Crippen molar-refractivity contribution in [3.8, 4) is 16.9 Å².